The Bertz CT molecular complexity index is 528. The van der Waals surface area contributed by atoms with Gasteiger partial charge < -0.3 is 9.80 Å². The Morgan fingerprint density at radius 2 is 1.95 bits per heavy atom. The quantitative estimate of drug-likeness (QED) is 0.802. The Morgan fingerprint density at radius 3 is 2.43 bits per heavy atom. The lowest BCUT2D eigenvalue weighted by Crippen LogP contribution is -2.34. The summed E-state index contributed by atoms with van der Waals surface area (Å²) in [6, 6.07) is 3.98. The second-order valence-electron chi connectivity index (χ2n) is 5.81. The molecule has 2 atom stereocenters. The summed E-state index contributed by atoms with van der Waals surface area (Å²) in [6.07, 6.45) is -4.03. The molecule has 0 N–H and O–H groups in total. The van der Waals surface area contributed by atoms with Crippen molar-refractivity contribution in [2.75, 3.05) is 32.1 Å². The van der Waals surface area contributed by atoms with Crippen LogP contribution in [0.1, 0.15) is 22.8 Å². The Balaban J connectivity index is 2.38. The van der Waals surface area contributed by atoms with E-state index < -0.39 is 11.7 Å². The molecule has 6 heteroatoms. The molecule has 2 rings (SSSR count). The summed E-state index contributed by atoms with van der Waals surface area (Å²) in [5.74, 6) is 0.284. The third-order valence-electron chi connectivity index (χ3n) is 4.04. The second kappa shape index (κ2) is 5.67. The van der Waals surface area contributed by atoms with Crippen LogP contribution in [0.15, 0.2) is 18.2 Å². The monoisotopic (exact) mass is 300 g/mol. The number of hydrogen-bond donors (Lipinski definition) is 0. The fourth-order valence-corrected chi connectivity index (χ4v) is 2.95. The highest BCUT2D eigenvalue weighted by Gasteiger charge is 2.38. The molecule has 1 heterocycles. The van der Waals surface area contributed by atoms with E-state index in [0.29, 0.717) is 19.4 Å². The Kier molecular flexibility index (Phi) is 4.27. The largest absolute Gasteiger partial charge is 0.418 e. The molecule has 0 aromatic heterocycles. The molecule has 21 heavy (non-hydrogen) atoms. The summed E-state index contributed by atoms with van der Waals surface area (Å²) in [7, 11) is 3.87. The van der Waals surface area contributed by atoms with E-state index in [2.05, 4.69) is 0 Å². The minimum atomic E-state index is -4.46. The topological polar surface area (TPSA) is 23.6 Å². The van der Waals surface area contributed by atoms with Gasteiger partial charge in [-0.15, -0.1) is 0 Å². The maximum atomic E-state index is 13.2. The number of rotatable bonds is 3. The Morgan fingerprint density at radius 1 is 1.29 bits per heavy atom. The predicted molar refractivity (Wildman–Crippen MR) is 75.7 cm³/mol. The van der Waals surface area contributed by atoms with Crippen molar-refractivity contribution >= 4 is 12.0 Å². The van der Waals surface area contributed by atoms with Crippen molar-refractivity contribution in [3.8, 4) is 0 Å². The third kappa shape index (κ3) is 3.20. The molecule has 2 unspecified atom stereocenters. The lowest BCUT2D eigenvalue weighted by Gasteiger charge is -2.25. The molecule has 1 aliphatic heterocycles. The first-order valence-electron chi connectivity index (χ1n) is 6.82. The predicted octanol–water partition coefficient (Wildman–Crippen LogP) is 2.90. The van der Waals surface area contributed by atoms with Gasteiger partial charge in [-0.2, -0.15) is 13.2 Å². The van der Waals surface area contributed by atoms with E-state index in [-0.39, 0.29) is 23.2 Å². The van der Waals surface area contributed by atoms with Crippen LogP contribution in [0.4, 0.5) is 18.9 Å². The molecule has 0 amide bonds. The molecule has 1 fully saturated rings. The van der Waals surface area contributed by atoms with E-state index in [9.17, 15) is 18.0 Å². The van der Waals surface area contributed by atoms with Crippen molar-refractivity contribution < 1.29 is 18.0 Å². The second-order valence-corrected chi connectivity index (χ2v) is 5.81. The van der Waals surface area contributed by atoms with Gasteiger partial charge in [0.05, 0.1) is 5.56 Å². The molecule has 116 valence electrons. The van der Waals surface area contributed by atoms with Gasteiger partial charge in [0.15, 0.2) is 0 Å². The van der Waals surface area contributed by atoms with Gasteiger partial charge in [-0.3, -0.25) is 4.79 Å². The standard InChI is InChI=1S/C15H19F3N2O/c1-10-7-20(8-14(10)19(2)3)13-5-4-11(9-21)6-12(13)15(16,17)18/h4-6,9-10,14H,7-8H2,1-3H3. The van der Waals surface area contributed by atoms with Crippen LogP contribution in [0.25, 0.3) is 0 Å². The average Bonchev–Trinajstić information content (AvgIpc) is 2.79. The van der Waals surface area contributed by atoms with Crippen molar-refractivity contribution in [3.63, 3.8) is 0 Å². The van der Waals surface area contributed by atoms with Crippen molar-refractivity contribution in [2.45, 2.75) is 19.1 Å². The van der Waals surface area contributed by atoms with Crippen LogP contribution in [-0.4, -0.2) is 44.4 Å². The van der Waals surface area contributed by atoms with Gasteiger partial charge in [0.1, 0.15) is 6.29 Å². The SMILES string of the molecule is CC1CN(c2ccc(C=O)cc2C(F)(F)F)CC1N(C)C. The summed E-state index contributed by atoms with van der Waals surface area (Å²) in [5, 5.41) is 0. The first-order chi connectivity index (χ1) is 9.74. The average molecular weight is 300 g/mol. The Labute approximate surface area is 122 Å². The zero-order valence-electron chi connectivity index (χ0n) is 12.3. The molecule has 0 spiro atoms. The zero-order chi connectivity index (χ0) is 15.8. The van der Waals surface area contributed by atoms with Crippen LogP contribution in [0.2, 0.25) is 0 Å². The number of hydrogen-bond acceptors (Lipinski definition) is 3. The molecular formula is C15H19F3N2O. The smallest absolute Gasteiger partial charge is 0.369 e. The van der Waals surface area contributed by atoms with Crippen molar-refractivity contribution in [2.24, 2.45) is 5.92 Å². The number of aldehydes is 1. The summed E-state index contributed by atoms with van der Waals surface area (Å²) in [4.78, 5) is 14.5. The van der Waals surface area contributed by atoms with Gasteiger partial charge in [-0.25, -0.2) is 0 Å². The number of benzene rings is 1. The van der Waals surface area contributed by atoms with Crippen molar-refractivity contribution in [1.29, 1.82) is 0 Å². The highest BCUT2D eigenvalue weighted by atomic mass is 19.4. The van der Waals surface area contributed by atoms with Gasteiger partial charge in [0.2, 0.25) is 0 Å². The van der Waals surface area contributed by atoms with Gasteiger partial charge in [-0.1, -0.05) is 6.92 Å². The van der Waals surface area contributed by atoms with Gasteiger partial charge in [-0.05, 0) is 38.2 Å². The van der Waals surface area contributed by atoms with Crippen LogP contribution in [0.5, 0.6) is 0 Å². The van der Waals surface area contributed by atoms with Crippen LogP contribution in [0, 0.1) is 5.92 Å². The maximum absolute atomic E-state index is 13.2. The van der Waals surface area contributed by atoms with E-state index in [1.165, 1.54) is 12.1 Å². The highest BCUT2D eigenvalue weighted by molar-refractivity contribution is 5.77. The molecule has 0 aliphatic carbocycles. The number of anilines is 1. The summed E-state index contributed by atoms with van der Waals surface area (Å²) >= 11 is 0. The van der Waals surface area contributed by atoms with E-state index >= 15 is 0 Å². The van der Waals surface area contributed by atoms with E-state index in [4.69, 9.17) is 0 Å². The van der Waals surface area contributed by atoms with Gasteiger partial charge in [0, 0.05) is 30.4 Å². The number of halogens is 3. The van der Waals surface area contributed by atoms with Crippen molar-refractivity contribution in [3.05, 3.63) is 29.3 Å². The van der Waals surface area contributed by atoms with Crippen LogP contribution in [0.3, 0.4) is 0 Å². The summed E-state index contributed by atoms with van der Waals surface area (Å²) in [5.41, 5.74) is -0.537. The third-order valence-corrected chi connectivity index (χ3v) is 4.04. The number of carbonyl (C=O) groups excluding carboxylic acids is 1. The lowest BCUT2D eigenvalue weighted by molar-refractivity contribution is -0.137. The fourth-order valence-electron chi connectivity index (χ4n) is 2.95. The molecule has 1 aromatic carbocycles. The normalized spacial score (nSPS) is 22.9. The fraction of sp³-hybridized carbons (Fsp3) is 0.533. The summed E-state index contributed by atoms with van der Waals surface area (Å²) in [6.45, 7) is 3.17. The summed E-state index contributed by atoms with van der Waals surface area (Å²) < 4.78 is 39.7. The molecule has 1 aliphatic rings. The molecule has 1 saturated heterocycles. The highest BCUT2D eigenvalue weighted by Crippen LogP contribution is 2.39. The van der Waals surface area contributed by atoms with Crippen LogP contribution < -0.4 is 4.90 Å². The van der Waals surface area contributed by atoms with Crippen LogP contribution >= 0.6 is 0 Å². The lowest BCUT2D eigenvalue weighted by atomic mass is 10.1. The first kappa shape index (κ1) is 15.8. The van der Waals surface area contributed by atoms with Gasteiger partial charge >= 0.3 is 6.18 Å². The molecule has 0 bridgehead atoms. The number of likely N-dealkylation sites (N-methyl/N-ethyl adjacent to an activating group) is 1. The number of nitrogens with zero attached hydrogens (tertiary/aromatic N) is 2. The minimum Gasteiger partial charge on any atom is -0.369 e. The van der Waals surface area contributed by atoms with Gasteiger partial charge in [0.25, 0.3) is 0 Å². The number of carbonyl (C=O) groups is 1. The Hall–Kier alpha value is -1.56. The molecule has 0 radical (unpaired) electrons. The first-order valence-corrected chi connectivity index (χ1v) is 6.82. The van der Waals surface area contributed by atoms with E-state index in [1.54, 1.807) is 4.90 Å². The van der Waals surface area contributed by atoms with Crippen LogP contribution in [-0.2, 0) is 6.18 Å². The minimum absolute atomic E-state index is 0.0440. The van der Waals surface area contributed by atoms with E-state index in [1.807, 2.05) is 25.9 Å². The van der Waals surface area contributed by atoms with Crippen molar-refractivity contribution in [1.82, 2.24) is 4.90 Å². The zero-order valence-corrected chi connectivity index (χ0v) is 12.3. The molecule has 3 nitrogen and oxygen atoms in total. The molecule has 0 saturated carbocycles. The maximum Gasteiger partial charge on any atom is 0.418 e. The molecular weight excluding hydrogens is 281 g/mol. The molecule has 1 aromatic rings. The number of alkyl halides is 3. The van der Waals surface area contributed by atoms with E-state index in [0.717, 1.165) is 6.07 Å².